The van der Waals surface area contributed by atoms with Crippen LogP contribution in [-0.2, 0) is 65.4 Å². The Kier molecular flexibility index (Phi) is 77.2. The van der Waals surface area contributed by atoms with E-state index in [4.69, 9.17) is 37.0 Å². The van der Waals surface area contributed by atoms with Crippen LogP contribution in [-0.4, -0.2) is 96.7 Å². The molecule has 0 spiro atoms. The molecule has 0 amide bonds. The molecule has 0 aromatic rings. The number of phosphoric ester groups is 2. The molecule has 3 N–H and O–H groups in total. The third kappa shape index (κ3) is 82.4. The van der Waals surface area contributed by atoms with Gasteiger partial charge in [0.05, 0.1) is 26.4 Å². The van der Waals surface area contributed by atoms with Crippen LogP contribution in [0.15, 0.2) is 0 Å². The Morgan fingerprint density at radius 3 is 0.651 bits per heavy atom. The SMILES string of the molecule is CCC(C)CCCCCCCCC(=O)OC[C@H](COP(=O)(O)OC[C@H](O)COP(=O)(O)OC[C@@H](COC(=O)CCCCCCCCCCCCCCCCCCCCC(C)C)OC(=O)CCCCCCCCCCCCCCCCCCCCC(C)C)OC(=O)CCCCCCCCCCCCCCCCC(C)C. The molecule has 0 rings (SSSR count). The van der Waals surface area contributed by atoms with Gasteiger partial charge in [-0.3, -0.25) is 37.3 Å². The van der Waals surface area contributed by atoms with Gasteiger partial charge in [0, 0.05) is 25.7 Å². The molecule has 109 heavy (non-hydrogen) atoms. The smallest absolute Gasteiger partial charge is 0.462 e. The summed E-state index contributed by atoms with van der Waals surface area (Å²) in [6.07, 6.45) is 69.6. The zero-order chi connectivity index (χ0) is 80.2. The Balaban J connectivity index is 5.22. The van der Waals surface area contributed by atoms with Crippen molar-refractivity contribution in [2.24, 2.45) is 23.7 Å². The van der Waals surface area contributed by atoms with Gasteiger partial charge in [0.15, 0.2) is 12.2 Å². The molecule has 0 aliphatic heterocycles. The molecule has 6 atom stereocenters. The summed E-state index contributed by atoms with van der Waals surface area (Å²) in [5, 5.41) is 10.7. The number of hydrogen-bond acceptors (Lipinski definition) is 15. The van der Waals surface area contributed by atoms with Crippen LogP contribution in [0.4, 0.5) is 0 Å². The molecular formula is C90H176O17P2. The molecule has 0 saturated heterocycles. The predicted molar refractivity (Wildman–Crippen MR) is 451 cm³/mol. The first-order valence-corrected chi connectivity index (χ1v) is 49.2. The van der Waals surface area contributed by atoms with Crippen molar-refractivity contribution in [3.05, 3.63) is 0 Å². The zero-order valence-electron chi connectivity index (χ0n) is 72.2. The number of carbonyl (C=O) groups is 4. The van der Waals surface area contributed by atoms with Gasteiger partial charge in [0.25, 0.3) is 0 Å². The average Bonchev–Trinajstić information content (AvgIpc) is 0.900. The minimum absolute atomic E-state index is 0.107. The quantitative estimate of drug-likeness (QED) is 0.0222. The van der Waals surface area contributed by atoms with E-state index in [0.717, 1.165) is 120 Å². The van der Waals surface area contributed by atoms with Crippen LogP contribution in [0.5, 0.6) is 0 Å². The van der Waals surface area contributed by atoms with Gasteiger partial charge in [-0.2, -0.15) is 0 Å². The van der Waals surface area contributed by atoms with E-state index in [1.807, 2.05) is 0 Å². The lowest BCUT2D eigenvalue weighted by atomic mass is 10.00. The Bertz CT molecular complexity index is 2110. The van der Waals surface area contributed by atoms with Crippen molar-refractivity contribution in [3.63, 3.8) is 0 Å². The predicted octanol–water partition coefficient (Wildman–Crippen LogP) is 27.5. The number of esters is 4. The minimum Gasteiger partial charge on any atom is -0.462 e. The molecule has 648 valence electrons. The van der Waals surface area contributed by atoms with Gasteiger partial charge in [-0.25, -0.2) is 9.13 Å². The molecule has 0 aliphatic rings. The van der Waals surface area contributed by atoms with Crippen molar-refractivity contribution in [1.29, 1.82) is 0 Å². The molecule has 0 aliphatic carbocycles. The second-order valence-corrected chi connectivity index (χ2v) is 36.9. The van der Waals surface area contributed by atoms with Crippen molar-refractivity contribution in [1.82, 2.24) is 0 Å². The van der Waals surface area contributed by atoms with Crippen LogP contribution >= 0.6 is 15.6 Å². The van der Waals surface area contributed by atoms with Crippen molar-refractivity contribution >= 4 is 39.5 Å². The van der Waals surface area contributed by atoms with E-state index in [1.54, 1.807) is 0 Å². The summed E-state index contributed by atoms with van der Waals surface area (Å²) in [5.74, 6) is 1.07. The molecule has 0 aromatic carbocycles. The number of ether oxygens (including phenoxy) is 4. The highest BCUT2D eigenvalue weighted by Crippen LogP contribution is 2.45. The number of unbranched alkanes of at least 4 members (excludes halogenated alkanes) is 52. The average molecular weight is 1590 g/mol. The molecule has 0 bridgehead atoms. The van der Waals surface area contributed by atoms with E-state index in [-0.39, 0.29) is 25.7 Å². The van der Waals surface area contributed by atoms with Gasteiger partial charge in [0.2, 0.25) is 0 Å². The van der Waals surface area contributed by atoms with E-state index in [1.165, 1.54) is 270 Å². The summed E-state index contributed by atoms with van der Waals surface area (Å²) in [6.45, 7) is 14.4. The normalized spacial score (nSPS) is 14.1. The van der Waals surface area contributed by atoms with E-state index < -0.39 is 97.5 Å². The van der Waals surface area contributed by atoms with E-state index in [9.17, 15) is 43.2 Å². The number of aliphatic hydroxyl groups is 1. The fraction of sp³-hybridized carbons (Fsp3) is 0.956. The van der Waals surface area contributed by atoms with Crippen LogP contribution in [0.1, 0.15) is 473 Å². The van der Waals surface area contributed by atoms with Gasteiger partial charge in [0.1, 0.15) is 19.3 Å². The maximum absolute atomic E-state index is 13.2. The van der Waals surface area contributed by atoms with Gasteiger partial charge >= 0.3 is 39.5 Å². The maximum Gasteiger partial charge on any atom is 0.472 e. The summed E-state index contributed by atoms with van der Waals surface area (Å²) in [5.41, 5.74) is 0. The fourth-order valence-electron chi connectivity index (χ4n) is 14.0. The number of hydrogen-bond donors (Lipinski definition) is 3. The molecule has 0 radical (unpaired) electrons. The lowest BCUT2D eigenvalue weighted by Gasteiger charge is -2.21. The topological polar surface area (TPSA) is 237 Å². The van der Waals surface area contributed by atoms with Crippen molar-refractivity contribution < 1.29 is 80.2 Å². The molecule has 0 heterocycles. The van der Waals surface area contributed by atoms with Crippen LogP contribution < -0.4 is 0 Å². The largest absolute Gasteiger partial charge is 0.472 e. The van der Waals surface area contributed by atoms with Crippen LogP contribution in [0.25, 0.3) is 0 Å². The lowest BCUT2D eigenvalue weighted by Crippen LogP contribution is -2.30. The molecule has 0 saturated carbocycles. The summed E-state index contributed by atoms with van der Waals surface area (Å²) in [6, 6.07) is 0. The minimum atomic E-state index is -4.97. The number of rotatable bonds is 87. The lowest BCUT2D eigenvalue weighted by molar-refractivity contribution is -0.161. The molecule has 0 fully saturated rings. The van der Waals surface area contributed by atoms with Crippen LogP contribution in [0, 0.1) is 23.7 Å². The van der Waals surface area contributed by atoms with Crippen molar-refractivity contribution in [2.75, 3.05) is 39.6 Å². The summed E-state index contributed by atoms with van der Waals surface area (Å²) in [4.78, 5) is 73.3. The van der Waals surface area contributed by atoms with Gasteiger partial charge in [-0.05, 0) is 49.4 Å². The third-order valence-corrected chi connectivity index (χ3v) is 23.3. The first kappa shape index (κ1) is 107. The maximum atomic E-state index is 13.2. The highest BCUT2D eigenvalue weighted by Gasteiger charge is 2.31. The highest BCUT2D eigenvalue weighted by atomic mass is 31.2. The number of aliphatic hydroxyl groups excluding tert-OH is 1. The Morgan fingerprint density at radius 1 is 0.257 bits per heavy atom. The highest BCUT2D eigenvalue weighted by molar-refractivity contribution is 7.47. The Hall–Kier alpha value is -1.94. The second kappa shape index (κ2) is 78.6. The van der Waals surface area contributed by atoms with Gasteiger partial charge in [-0.1, -0.05) is 421 Å². The first-order valence-electron chi connectivity index (χ1n) is 46.2. The fourth-order valence-corrected chi connectivity index (χ4v) is 15.6. The molecule has 17 nitrogen and oxygen atoms in total. The van der Waals surface area contributed by atoms with Crippen LogP contribution in [0.3, 0.4) is 0 Å². The zero-order valence-corrected chi connectivity index (χ0v) is 74.0. The summed E-state index contributed by atoms with van der Waals surface area (Å²) < 4.78 is 69.0. The standard InChI is InChI=1S/C90H176O17P2/c1-9-83(8)69-61-53-48-49-55-63-71-88(93)101-77-86(107-90(95)73-65-57-47-41-35-29-23-22-26-32-38-44-52-60-68-82(6)7)79-105-109(98,99)103-75-84(91)74-102-108(96,97)104-78-85(106-89(94)72-64-56-46-40-34-28-21-17-13-11-15-19-25-31-37-43-51-59-67-81(4)5)76-100-87(92)70-62-54-45-39-33-27-20-16-12-10-14-18-24-30-36-42-50-58-66-80(2)3/h80-86,91H,9-79H2,1-8H3,(H,96,97)(H,98,99)/t83?,84-,85-,86-/m1/s1. The van der Waals surface area contributed by atoms with E-state index >= 15 is 0 Å². The van der Waals surface area contributed by atoms with Gasteiger partial charge < -0.3 is 33.8 Å². The number of phosphoric acid groups is 2. The van der Waals surface area contributed by atoms with Gasteiger partial charge in [-0.15, -0.1) is 0 Å². The summed E-state index contributed by atoms with van der Waals surface area (Å²) >= 11 is 0. The first-order chi connectivity index (χ1) is 52.6. The number of carbonyl (C=O) groups excluding carboxylic acids is 4. The molecular weight excluding hydrogens is 1410 g/mol. The summed E-state index contributed by atoms with van der Waals surface area (Å²) in [7, 11) is -9.94. The van der Waals surface area contributed by atoms with Crippen molar-refractivity contribution in [3.8, 4) is 0 Å². The Morgan fingerprint density at radius 2 is 0.440 bits per heavy atom. The van der Waals surface area contributed by atoms with E-state index in [2.05, 4.69) is 55.4 Å². The molecule has 3 unspecified atom stereocenters. The second-order valence-electron chi connectivity index (χ2n) is 34.0. The van der Waals surface area contributed by atoms with Crippen molar-refractivity contribution in [2.45, 2.75) is 491 Å². The van der Waals surface area contributed by atoms with Crippen LogP contribution in [0.2, 0.25) is 0 Å². The third-order valence-electron chi connectivity index (χ3n) is 21.4. The Labute approximate surface area is 670 Å². The monoisotopic (exact) mass is 1590 g/mol. The molecule has 0 aromatic heterocycles. The molecule has 19 heteroatoms. The van der Waals surface area contributed by atoms with E-state index in [0.29, 0.717) is 25.7 Å².